The van der Waals surface area contributed by atoms with Crippen molar-refractivity contribution in [1.82, 2.24) is 14.7 Å². The number of thioether (sulfide) groups is 1. The number of nitrogens with zero attached hydrogens (tertiary/aromatic N) is 3. The molecule has 0 saturated carbocycles. The van der Waals surface area contributed by atoms with Gasteiger partial charge in [0.05, 0.1) is 11.4 Å². The maximum atomic E-state index is 13.1. The molecule has 0 aliphatic rings. The van der Waals surface area contributed by atoms with Crippen LogP contribution in [0.3, 0.4) is 0 Å². The fourth-order valence-corrected chi connectivity index (χ4v) is 3.90. The van der Waals surface area contributed by atoms with Gasteiger partial charge in [-0.15, -0.1) is 11.8 Å². The van der Waals surface area contributed by atoms with Crippen LogP contribution in [0.2, 0.25) is 0 Å². The number of para-hydroxylation sites is 1. The van der Waals surface area contributed by atoms with Crippen molar-refractivity contribution in [3.05, 3.63) is 66.4 Å². The van der Waals surface area contributed by atoms with Gasteiger partial charge in [-0.2, -0.15) is 5.10 Å². The minimum absolute atomic E-state index is 0.0717. The Balaban J connectivity index is 1.78. The minimum atomic E-state index is -0.308. The normalized spacial score (nSPS) is 11.4. The summed E-state index contributed by atoms with van der Waals surface area (Å²) in [7, 11) is 0. The van der Waals surface area contributed by atoms with Crippen molar-refractivity contribution in [2.45, 2.75) is 44.9 Å². The number of anilines is 2. The largest absolute Gasteiger partial charge is 0.322 e. The molecule has 0 bridgehead atoms. The molecule has 2 aromatic carbocycles. The van der Waals surface area contributed by atoms with E-state index in [1.165, 1.54) is 4.90 Å². The molecule has 0 unspecified atom stereocenters. The summed E-state index contributed by atoms with van der Waals surface area (Å²) >= 11 is 1.64. The fraction of sp³-hybridized carbons (Fsp3) is 0.370. The molecular formula is C27H35N5O2S. The summed E-state index contributed by atoms with van der Waals surface area (Å²) in [6, 6.07) is 18.9. The molecule has 2 N–H and O–H groups in total. The summed E-state index contributed by atoms with van der Waals surface area (Å²) < 4.78 is 1.73. The van der Waals surface area contributed by atoms with Gasteiger partial charge in [0.1, 0.15) is 12.4 Å². The molecule has 0 saturated heterocycles. The zero-order chi connectivity index (χ0) is 25.6. The van der Waals surface area contributed by atoms with Gasteiger partial charge in [0.25, 0.3) is 0 Å². The second-order valence-corrected chi connectivity index (χ2v) is 10.8. The molecule has 0 aliphatic heterocycles. The van der Waals surface area contributed by atoms with Crippen LogP contribution in [0.1, 0.15) is 40.3 Å². The zero-order valence-electron chi connectivity index (χ0n) is 21.3. The van der Waals surface area contributed by atoms with Crippen LogP contribution >= 0.6 is 11.8 Å². The highest BCUT2D eigenvalue weighted by Crippen LogP contribution is 2.26. The van der Waals surface area contributed by atoms with Crippen LogP contribution in [0.4, 0.5) is 16.3 Å². The van der Waals surface area contributed by atoms with Gasteiger partial charge in [0, 0.05) is 28.6 Å². The number of aromatic nitrogens is 2. The van der Waals surface area contributed by atoms with Crippen LogP contribution in [-0.2, 0) is 10.2 Å². The van der Waals surface area contributed by atoms with Crippen LogP contribution < -0.4 is 10.6 Å². The highest BCUT2D eigenvalue weighted by molar-refractivity contribution is 7.98. The van der Waals surface area contributed by atoms with Crippen LogP contribution in [0.25, 0.3) is 5.69 Å². The topological polar surface area (TPSA) is 79.3 Å². The van der Waals surface area contributed by atoms with E-state index in [-0.39, 0.29) is 29.8 Å². The van der Waals surface area contributed by atoms with E-state index in [1.807, 2.05) is 80.8 Å². The minimum Gasteiger partial charge on any atom is -0.315 e. The van der Waals surface area contributed by atoms with E-state index >= 15 is 0 Å². The Morgan fingerprint density at radius 1 is 1.03 bits per heavy atom. The molecule has 0 fully saturated rings. The highest BCUT2D eigenvalue weighted by Gasteiger charge is 2.23. The lowest BCUT2D eigenvalue weighted by Gasteiger charge is -2.24. The number of amides is 3. The lowest BCUT2D eigenvalue weighted by atomic mass is 9.92. The van der Waals surface area contributed by atoms with Crippen molar-refractivity contribution in [1.29, 1.82) is 0 Å². The molecular weight excluding hydrogens is 458 g/mol. The van der Waals surface area contributed by atoms with Gasteiger partial charge in [-0.1, -0.05) is 52.8 Å². The number of nitrogens with one attached hydrogen (secondary N) is 2. The van der Waals surface area contributed by atoms with Crippen molar-refractivity contribution < 1.29 is 9.59 Å². The molecule has 3 amide bonds. The van der Waals surface area contributed by atoms with Crippen LogP contribution in [0, 0.1) is 5.92 Å². The molecule has 3 rings (SSSR count). The van der Waals surface area contributed by atoms with Gasteiger partial charge in [-0.3, -0.25) is 4.79 Å². The first-order valence-electron chi connectivity index (χ1n) is 11.7. The Bertz CT molecular complexity index is 1130. The number of benzene rings is 2. The van der Waals surface area contributed by atoms with Crippen LogP contribution in [0.5, 0.6) is 0 Å². The average Bonchev–Trinajstić information content (AvgIpc) is 3.23. The fourth-order valence-electron chi connectivity index (χ4n) is 3.50. The van der Waals surface area contributed by atoms with Gasteiger partial charge in [0.2, 0.25) is 5.91 Å². The number of rotatable bonds is 8. The maximum absolute atomic E-state index is 13.1. The molecule has 1 heterocycles. The lowest BCUT2D eigenvalue weighted by Crippen LogP contribution is -2.42. The number of urea groups is 1. The Hall–Kier alpha value is -3.26. The highest BCUT2D eigenvalue weighted by atomic mass is 32.2. The van der Waals surface area contributed by atoms with Crippen molar-refractivity contribution in [2.24, 2.45) is 5.92 Å². The van der Waals surface area contributed by atoms with E-state index in [0.717, 1.165) is 16.3 Å². The average molecular weight is 494 g/mol. The summed E-state index contributed by atoms with van der Waals surface area (Å²) in [5, 5.41) is 10.6. The monoisotopic (exact) mass is 493 g/mol. The molecule has 7 nitrogen and oxygen atoms in total. The number of hydrogen-bond donors (Lipinski definition) is 2. The number of carbonyl (C=O) groups excluding carboxylic acids is 2. The van der Waals surface area contributed by atoms with Gasteiger partial charge in [-0.05, 0) is 48.6 Å². The Morgan fingerprint density at radius 2 is 1.69 bits per heavy atom. The number of hydrogen-bond acceptors (Lipinski definition) is 4. The Morgan fingerprint density at radius 3 is 2.26 bits per heavy atom. The van der Waals surface area contributed by atoms with Gasteiger partial charge in [0.15, 0.2) is 0 Å². The number of carbonyl (C=O) groups is 2. The third-order valence-electron chi connectivity index (χ3n) is 5.29. The van der Waals surface area contributed by atoms with Crippen LogP contribution in [0.15, 0.2) is 65.6 Å². The molecule has 0 atom stereocenters. The van der Waals surface area contributed by atoms with E-state index in [0.29, 0.717) is 18.1 Å². The third-order valence-corrected chi connectivity index (χ3v) is 6.04. The summed E-state index contributed by atoms with van der Waals surface area (Å²) in [6.07, 6.45) is 2.00. The first-order chi connectivity index (χ1) is 16.6. The zero-order valence-corrected chi connectivity index (χ0v) is 22.1. The first-order valence-corrected chi connectivity index (χ1v) is 12.9. The van der Waals surface area contributed by atoms with Crippen molar-refractivity contribution in [2.75, 3.05) is 30.0 Å². The van der Waals surface area contributed by atoms with Crippen LogP contribution in [-0.4, -0.2) is 46.0 Å². The smallest absolute Gasteiger partial charge is 0.315 e. The summed E-state index contributed by atoms with van der Waals surface area (Å²) in [5.74, 6) is 0.495. The van der Waals surface area contributed by atoms with E-state index in [4.69, 9.17) is 5.10 Å². The summed E-state index contributed by atoms with van der Waals surface area (Å²) in [5.41, 5.74) is 2.22. The molecule has 0 spiro atoms. The van der Waals surface area contributed by atoms with E-state index in [2.05, 4.69) is 31.4 Å². The van der Waals surface area contributed by atoms with Gasteiger partial charge in [-0.25, -0.2) is 9.48 Å². The molecule has 0 aliphatic carbocycles. The maximum Gasteiger partial charge on any atom is 0.322 e. The summed E-state index contributed by atoms with van der Waals surface area (Å²) in [6.45, 7) is 10.7. The molecule has 35 heavy (non-hydrogen) atoms. The second-order valence-electron chi connectivity index (χ2n) is 9.89. The predicted octanol–water partition coefficient (Wildman–Crippen LogP) is 6.02. The van der Waals surface area contributed by atoms with E-state index < -0.39 is 0 Å². The molecule has 1 aromatic heterocycles. The Labute approximate surface area is 212 Å². The quantitative estimate of drug-likeness (QED) is 0.376. The van der Waals surface area contributed by atoms with Gasteiger partial charge < -0.3 is 15.5 Å². The van der Waals surface area contributed by atoms with E-state index in [1.54, 1.807) is 16.4 Å². The predicted molar refractivity (Wildman–Crippen MR) is 145 cm³/mol. The summed E-state index contributed by atoms with van der Waals surface area (Å²) in [4.78, 5) is 28.8. The van der Waals surface area contributed by atoms with Crippen molar-refractivity contribution >= 4 is 35.2 Å². The third kappa shape index (κ3) is 7.36. The molecule has 186 valence electrons. The first kappa shape index (κ1) is 26.3. The Kier molecular flexibility index (Phi) is 8.62. The van der Waals surface area contributed by atoms with Crippen molar-refractivity contribution in [3.63, 3.8) is 0 Å². The molecule has 0 radical (unpaired) electrons. The molecule has 8 heteroatoms. The SMILES string of the molecule is CSc1ccc(NC(=O)N(CC(=O)Nc2cc(C(C)(C)C)nn2-c2ccccc2)CC(C)C)cc1. The van der Waals surface area contributed by atoms with Crippen molar-refractivity contribution in [3.8, 4) is 5.69 Å². The standard InChI is InChI=1S/C27H35N5O2S/c1-19(2)17-31(26(34)28-20-12-14-22(35-6)15-13-20)18-25(33)29-24-16-23(27(3,4)5)30-32(24)21-10-8-7-9-11-21/h7-16,19H,17-18H2,1-6H3,(H,28,34)(H,29,33). The van der Waals surface area contributed by atoms with E-state index in [9.17, 15) is 9.59 Å². The van der Waals surface area contributed by atoms with Gasteiger partial charge >= 0.3 is 6.03 Å². The second kappa shape index (κ2) is 11.4. The molecule has 3 aromatic rings. The lowest BCUT2D eigenvalue weighted by molar-refractivity contribution is -0.116.